The first kappa shape index (κ1) is 48.6. The lowest BCUT2D eigenvalue weighted by molar-refractivity contribution is -0.183. The van der Waals surface area contributed by atoms with Gasteiger partial charge >= 0.3 is 23.9 Å². The van der Waals surface area contributed by atoms with E-state index < -0.39 is 83.4 Å². The fourth-order valence-corrected chi connectivity index (χ4v) is 6.26. The number of Topliss-reactive ketones (excluding diaryl/α,β-unsaturated/α-hetero) is 1. The summed E-state index contributed by atoms with van der Waals surface area (Å²) >= 11 is 0. The predicted octanol–water partition coefficient (Wildman–Crippen LogP) is 5.00. The van der Waals surface area contributed by atoms with Crippen LogP contribution in [-0.4, -0.2) is 84.4 Å². The second-order valence-electron chi connectivity index (χ2n) is 16.2. The number of anilines is 1. The van der Waals surface area contributed by atoms with Crippen molar-refractivity contribution in [2.75, 3.05) is 5.32 Å². The van der Waals surface area contributed by atoms with E-state index in [2.05, 4.69) is 16.0 Å². The summed E-state index contributed by atoms with van der Waals surface area (Å²) in [4.78, 5) is 109. The van der Waals surface area contributed by atoms with Crippen molar-refractivity contribution in [3.8, 4) is 5.75 Å². The molecule has 1 heterocycles. The maximum Gasteiger partial charge on any atom is 0.347 e. The van der Waals surface area contributed by atoms with Crippen LogP contribution in [0.1, 0.15) is 110 Å². The summed E-state index contributed by atoms with van der Waals surface area (Å²) in [6.45, 7) is 14.2. The van der Waals surface area contributed by atoms with Crippen LogP contribution in [0.2, 0.25) is 0 Å². The number of esters is 4. The molecule has 60 heavy (non-hydrogen) atoms. The van der Waals surface area contributed by atoms with Crippen molar-refractivity contribution >= 4 is 53.6 Å². The Labute approximate surface area is 351 Å². The van der Waals surface area contributed by atoms with Crippen molar-refractivity contribution in [3.05, 3.63) is 59.7 Å². The summed E-state index contributed by atoms with van der Waals surface area (Å²) in [5.41, 5.74) is -1.13. The highest BCUT2D eigenvalue weighted by molar-refractivity contribution is 6.07. The van der Waals surface area contributed by atoms with Crippen LogP contribution in [0, 0.1) is 17.3 Å². The molecule has 3 N–H and O–H groups in total. The molecule has 3 amide bonds. The number of benzene rings is 2. The fraction of sp³-hybridized carbons (Fsp3) is 0.545. The first-order valence-corrected chi connectivity index (χ1v) is 20.3. The van der Waals surface area contributed by atoms with Gasteiger partial charge in [0.15, 0.2) is 35.9 Å². The number of hydrogen-bond donors (Lipinski definition) is 3. The number of unbranched alkanes of at least 4 members (excludes halogenated alkanes) is 1. The van der Waals surface area contributed by atoms with Gasteiger partial charge in [0.05, 0.1) is 17.3 Å². The number of carbonyl (C=O) groups is 8. The Balaban J connectivity index is 2.10. The van der Waals surface area contributed by atoms with Crippen LogP contribution in [0.5, 0.6) is 5.75 Å². The molecule has 6 atom stereocenters. The van der Waals surface area contributed by atoms with E-state index in [1.165, 1.54) is 45.9 Å². The Morgan fingerprint density at radius 2 is 1.50 bits per heavy atom. The van der Waals surface area contributed by atoms with Gasteiger partial charge in [-0.15, -0.1) is 0 Å². The van der Waals surface area contributed by atoms with Gasteiger partial charge in [0, 0.05) is 0 Å². The third-order valence-corrected chi connectivity index (χ3v) is 9.67. The highest BCUT2D eigenvalue weighted by Gasteiger charge is 2.45. The van der Waals surface area contributed by atoms with Gasteiger partial charge in [0.2, 0.25) is 6.41 Å². The normalized spacial score (nSPS) is 23.2. The van der Waals surface area contributed by atoms with Gasteiger partial charge in [-0.3, -0.25) is 24.0 Å². The number of hydrogen-bond acceptors (Lipinski definition) is 13. The minimum atomic E-state index is -1.88. The van der Waals surface area contributed by atoms with E-state index in [-0.39, 0.29) is 54.7 Å². The molecule has 0 radical (unpaired) electrons. The lowest BCUT2D eigenvalue weighted by Gasteiger charge is -2.32. The number of carbonyl (C=O) groups excluding carboxylic acids is 8. The topological polar surface area (TPSA) is 219 Å². The van der Waals surface area contributed by atoms with Crippen LogP contribution in [0.15, 0.2) is 48.5 Å². The zero-order valence-electron chi connectivity index (χ0n) is 35.9. The van der Waals surface area contributed by atoms with Crippen molar-refractivity contribution in [2.45, 2.75) is 138 Å². The third kappa shape index (κ3) is 13.6. The molecule has 0 spiro atoms. The van der Waals surface area contributed by atoms with E-state index in [1.807, 2.05) is 26.8 Å². The Hall–Kier alpha value is -5.80. The van der Waals surface area contributed by atoms with Crippen LogP contribution >= 0.6 is 0 Å². The first-order valence-electron chi connectivity index (χ1n) is 20.3. The standard InChI is InChI=1S/C44H59N3O13/c1-10-11-20-33-39(51)46-32(21-25(2)3)37(49)44(8,9)43(55)60-34(22-26(4)5)41(53)57-27(6)35(42(54)58-28(7)40(52)59-33)47-38(50)30-18-15-19-31(45-24-48)36(30)56-23-29-16-13-12-14-17-29/h12-19,24-28,32-35H,10-11,20-23H2,1-9H3,(H,45,48)(H,46,51)(H,47,50). The number of ketones is 1. The van der Waals surface area contributed by atoms with Crippen molar-refractivity contribution in [1.82, 2.24) is 10.6 Å². The maximum atomic E-state index is 14.1. The molecule has 0 aliphatic carbocycles. The number of ether oxygens (including phenoxy) is 5. The lowest BCUT2D eigenvalue weighted by Crippen LogP contribution is -2.54. The molecule has 328 valence electrons. The highest BCUT2D eigenvalue weighted by atomic mass is 16.6. The molecule has 1 fully saturated rings. The molecule has 2 aromatic rings. The van der Waals surface area contributed by atoms with Gasteiger partial charge in [-0.2, -0.15) is 0 Å². The molecule has 1 aliphatic heterocycles. The number of para-hydroxylation sites is 1. The predicted molar refractivity (Wildman–Crippen MR) is 218 cm³/mol. The monoisotopic (exact) mass is 837 g/mol. The van der Waals surface area contributed by atoms with E-state index >= 15 is 0 Å². The SMILES string of the molecule is CCCCC1OC(=O)C(C)OC(=O)C(NC(=O)c2cccc(NC=O)c2OCc2ccccc2)C(C)OC(=O)C(CC(C)C)OC(=O)C(C)(C)C(=O)C(CC(C)C)NC1=O. The summed E-state index contributed by atoms with van der Waals surface area (Å²) in [5.74, 6) is -7.29. The summed E-state index contributed by atoms with van der Waals surface area (Å²) in [5, 5.41) is 7.67. The third-order valence-electron chi connectivity index (χ3n) is 9.67. The van der Waals surface area contributed by atoms with E-state index in [1.54, 1.807) is 38.1 Å². The maximum absolute atomic E-state index is 14.1. The minimum Gasteiger partial charge on any atom is -0.486 e. The zero-order valence-corrected chi connectivity index (χ0v) is 35.9. The Morgan fingerprint density at radius 1 is 0.833 bits per heavy atom. The van der Waals surface area contributed by atoms with E-state index in [0.717, 1.165) is 5.56 Å². The average Bonchev–Trinajstić information content (AvgIpc) is 3.19. The summed E-state index contributed by atoms with van der Waals surface area (Å²) in [6.07, 6.45) is -4.50. The van der Waals surface area contributed by atoms with E-state index in [9.17, 15) is 38.4 Å². The minimum absolute atomic E-state index is 0.00813. The number of cyclic esters (lactones) is 4. The Kier molecular flexibility index (Phi) is 18.2. The fourth-order valence-electron chi connectivity index (χ4n) is 6.26. The van der Waals surface area contributed by atoms with Crippen LogP contribution in [-0.2, 0) is 59.1 Å². The molecule has 1 aliphatic rings. The smallest absolute Gasteiger partial charge is 0.347 e. The number of rotatable bonds is 14. The van der Waals surface area contributed by atoms with Crippen LogP contribution in [0.4, 0.5) is 5.69 Å². The molecule has 0 bridgehead atoms. The Morgan fingerprint density at radius 3 is 2.12 bits per heavy atom. The summed E-state index contributed by atoms with van der Waals surface area (Å²) in [6, 6.07) is 10.3. The van der Waals surface area contributed by atoms with Crippen LogP contribution in [0.3, 0.4) is 0 Å². The van der Waals surface area contributed by atoms with Crippen molar-refractivity contribution in [2.24, 2.45) is 17.3 Å². The molecule has 2 aromatic carbocycles. The second-order valence-corrected chi connectivity index (χ2v) is 16.2. The second kappa shape index (κ2) is 22.5. The van der Waals surface area contributed by atoms with Crippen molar-refractivity contribution < 1.29 is 62.0 Å². The Bertz CT molecular complexity index is 1850. The van der Waals surface area contributed by atoms with Gasteiger partial charge in [-0.1, -0.05) is 77.4 Å². The molecule has 6 unspecified atom stereocenters. The largest absolute Gasteiger partial charge is 0.486 e. The molecule has 0 aromatic heterocycles. The van der Waals surface area contributed by atoms with Gasteiger partial charge in [-0.05, 0) is 82.9 Å². The molecule has 0 saturated carbocycles. The molecule has 16 nitrogen and oxygen atoms in total. The van der Waals surface area contributed by atoms with Gasteiger partial charge in [0.1, 0.15) is 18.1 Å². The highest BCUT2D eigenvalue weighted by Crippen LogP contribution is 2.31. The van der Waals surface area contributed by atoms with Crippen molar-refractivity contribution in [3.63, 3.8) is 0 Å². The van der Waals surface area contributed by atoms with E-state index in [0.29, 0.717) is 19.3 Å². The van der Waals surface area contributed by atoms with Gasteiger partial charge < -0.3 is 39.6 Å². The molecule has 1 saturated heterocycles. The lowest BCUT2D eigenvalue weighted by atomic mass is 9.81. The number of nitrogens with one attached hydrogen (secondary N) is 3. The van der Waals surface area contributed by atoms with E-state index in [4.69, 9.17) is 23.7 Å². The van der Waals surface area contributed by atoms with Crippen LogP contribution in [0.25, 0.3) is 0 Å². The molecule has 3 rings (SSSR count). The zero-order chi connectivity index (χ0) is 44.7. The molecular weight excluding hydrogens is 778 g/mol. The molecule has 16 heteroatoms. The summed E-state index contributed by atoms with van der Waals surface area (Å²) < 4.78 is 28.5. The van der Waals surface area contributed by atoms with Crippen molar-refractivity contribution in [1.29, 1.82) is 0 Å². The first-order chi connectivity index (χ1) is 28.3. The summed E-state index contributed by atoms with van der Waals surface area (Å²) in [7, 11) is 0. The quantitative estimate of drug-likeness (QED) is 0.0990. The average molecular weight is 838 g/mol. The molecular formula is C44H59N3O13. The van der Waals surface area contributed by atoms with Gasteiger partial charge in [0.25, 0.3) is 11.8 Å². The van der Waals surface area contributed by atoms with Crippen LogP contribution < -0.4 is 20.7 Å². The van der Waals surface area contributed by atoms with Gasteiger partial charge in [-0.25, -0.2) is 14.4 Å². The number of amides is 3.